The predicted octanol–water partition coefficient (Wildman–Crippen LogP) is 3.98. The molecule has 0 unspecified atom stereocenters. The molecule has 1 aromatic carbocycles. The first kappa shape index (κ1) is 14.2. The molecule has 0 N–H and O–H groups in total. The highest BCUT2D eigenvalue weighted by atomic mass is 19.1. The predicted molar refractivity (Wildman–Crippen MR) is 76.9 cm³/mol. The van der Waals surface area contributed by atoms with Gasteiger partial charge in [-0.2, -0.15) is 5.26 Å². The van der Waals surface area contributed by atoms with Crippen LogP contribution in [-0.4, -0.2) is 4.98 Å². The number of nitriles is 1. The highest BCUT2D eigenvalue weighted by molar-refractivity contribution is 5.36. The molecule has 0 atom stereocenters. The van der Waals surface area contributed by atoms with Crippen molar-refractivity contribution in [3.63, 3.8) is 0 Å². The van der Waals surface area contributed by atoms with Gasteiger partial charge >= 0.3 is 0 Å². The monoisotopic (exact) mass is 268 g/mol. The molecule has 0 radical (unpaired) electrons. The van der Waals surface area contributed by atoms with Gasteiger partial charge in [0.2, 0.25) is 0 Å². The maximum Gasteiger partial charge on any atom is 0.124 e. The fourth-order valence-electron chi connectivity index (χ4n) is 2.07. The SMILES string of the molecule is CC(C)(C)c1ccnc(Cc2cc(F)cc(C#N)c2)c1. The van der Waals surface area contributed by atoms with E-state index in [0.29, 0.717) is 12.0 Å². The van der Waals surface area contributed by atoms with E-state index < -0.39 is 0 Å². The number of pyridine rings is 1. The Bertz CT molecular complexity index is 663. The maximum absolute atomic E-state index is 13.4. The van der Waals surface area contributed by atoms with E-state index in [-0.39, 0.29) is 11.2 Å². The minimum Gasteiger partial charge on any atom is -0.261 e. The van der Waals surface area contributed by atoms with Gasteiger partial charge in [-0.15, -0.1) is 0 Å². The normalized spacial score (nSPS) is 11.2. The van der Waals surface area contributed by atoms with E-state index in [1.807, 2.05) is 18.2 Å². The summed E-state index contributed by atoms with van der Waals surface area (Å²) in [6, 6.07) is 10.4. The van der Waals surface area contributed by atoms with Crippen LogP contribution in [0.15, 0.2) is 36.5 Å². The Kier molecular flexibility index (Phi) is 3.85. The molecule has 0 spiro atoms. The zero-order valence-electron chi connectivity index (χ0n) is 11.9. The number of hydrogen-bond donors (Lipinski definition) is 0. The molecule has 0 saturated carbocycles. The quantitative estimate of drug-likeness (QED) is 0.826. The van der Waals surface area contributed by atoms with Crippen LogP contribution >= 0.6 is 0 Å². The third kappa shape index (κ3) is 3.42. The van der Waals surface area contributed by atoms with Crippen LogP contribution in [0.5, 0.6) is 0 Å². The van der Waals surface area contributed by atoms with Crippen molar-refractivity contribution in [2.45, 2.75) is 32.6 Å². The molecule has 1 heterocycles. The summed E-state index contributed by atoms with van der Waals surface area (Å²) in [6.45, 7) is 6.42. The molecule has 0 saturated heterocycles. The first-order chi connectivity index (χ1) is 9.38. The number of benzene rings is 1. The van der Waals surface area contributed by atoms with E-state index in [0.717, 1.165) is 11.3 Å². The molecular weight excluding hydrogens is 251 g/mol. The Morgan fingerprint density at radius 1 is 1.20 bits per heavy atom. The van der Waals surface area contributed by atoms with E-state index in [9.17, 15) is 4.39 Å². The van der Waals surface area contributed by atoms with Gasteiger partial charge in [0.15, 0.2) is 0 Å². The standard InChI is InChI=1S/C17H17FN2/c1-17(2,3)14-4-5-20-16(10-14)9-12-6-13(11-19)8-15(18)7-12/h4-8,10H,9H2,1-3H3. The third-order valence-corrected chi connectivity index (χ3v) is 3.15. The van der Waals surface area contributed by atoms with Crippen LogP contribution < -0.4 is 0 Å². The Balaban J connectivity index is 2.31. The lowest BCUT2D eigenvalue weighted by molar-refractivity contribution is 0.588. The van der Waals surface area contributed by atoms with E-state index in [2.05, 4.69) is 25.8 Å². The molecule has 0 bridgehead atoms. The molecule has 102 valence electrons. The number of halogens is 1. The van der Waals surface area contributed by atoms with Crippen molar-refractivity contribution in [3.05, 3.63) is 64.7 Å². The number of aromatic nitrogens is 1. The molecule has 2 rings (SSSR count). The zero-order chi connectivity index (χ0) is 14.8. The van der Waals surface area contributed by atoms with Crippen molar-refractivity contribution in [1.29, 1.82) is 5.26 Å². The van der Waals surface area contributed by atoms with Crippen LogP contribution in [0.3, 0.4) is 0 Å². The van der Waals surface area contributed by atoms with Crippen molar-refractivity contribution in [2.75, 3.05) is 0 Å². The van der Waals surface area contributed by atoms with Crippen molar-refractivity contribution < 1.29 is 4.39 Å². The molecule has 2 nitrogen and oxygen atoms in total. The second kappa shape index (κ2) is 5.42. The molecule has 0 aliphatic carbocycles. The van der Waals surface area contributed by atoms with Crippen LogP contribution in [0, 0.1) is 17.1 Å². The second-order valence-electron chi connectivity index (χ2n) is 5.92. The summed E-state index contributed by atoms with van der Waals surface area (Å²) in [6.07, 6.45) is 2.30. The van der Waals surface area contributed by atoms with Gasteiger partial charge in [-0.25, -0.2) is 4.39 Å². The minimum absolute atomic E-state index is 0.0530. The van der Waals surface area contributed by atoms with E-state index in [1.165, 1.54) is 17.7 Å². The highest BCUT2D eigenvalue weighted by Crippen LogP contribution is 2.23. The molecular formula is C17H17FN2. The summed E-state index contributed by atoms with van der Waals surface area (Å²) in [7, 11) is 0. The molecule has 20 heavy (non-hydrogen) atoms. The molecule has 1 aromatic heterocycles. The average molecular weight is 268 g/mol. The van der Waals surface area contributed by atoms with Gasteiger partial charge in [0.1, 0.15) is 5.82 Å². The summed E-state index contributed by atoms with van der Waals surface area (Å²) >= 11 is 0. The molecule has 0 aliphatic heterocycles. The fourth-order valence-corrected chi connectivity index (χ4v) is 2.07. The van der Waals surface area contributed by atoms with Crippen molar-refractivity contribution >= 4 is 0 Å². The summed E-state index contributed by atoms with van der Waals surface area (Å²) in [5.41, 5.74) is 3.23. The largest absolute Gasteiger partial charge is 0.261 e. The lowest BCUT2D eigenvalue weighted by atomic mass is 9.87. The second-order valence-corrected chi connectivity index (χ2v) is 5.92. The Morgan fingerprint density at radius 2 is 1.95 bits per heavy atom. The Hall–Kier alpha value is -2.21. The first-order valence-electron chi connectivity index (χ1n) is 6.53. The summed E-state index contributed by atoms with van der Waals surface area (Å²) < 4.78 is 13.4. The van der Waals surface area contributed by atoms with Crippen molar-refractivity contribution in [3.8, 4) is 6.07 Å². The zero-order valence-corrected chi connectivity index (χ0v) is 11.9. The van der Waals surface area contributed by atoms with Crippen LogP contribution in [0.4, 0.5) is 4.39 Å². The summed E-state index contributed by atoms with van der Waals surface area (Å²) in [4.78, 5) is 4.33. The third-order valence-electron chi connectivity index (χ3n) is 3.15. The molecule has 0 fully saturated rings. The number of hydrogen-bond acceptors (Lipinski definition) is 2. The van der Waals surface area contributed by atoms with Crippen LogP contribution in [0.2, 0.25) is 0 Å². The highest BCUT2D eigenvalue weighted by Gasteiger charge is 2.14. The van der Waals surface area contributed by atoms with Gasteiger partial charge < -0.3 is 0 Å². The summed E-state index contributed by atoms with van der Waals surface area (Å²) in [5.74, 6) is -0.383. The van der Waals surface area contributed by atoms with Crippen molar-refractivity contribution in [1.82, 2.24) is 4.98 Å². The lowest BCUT2D eigenvalue weighted by Crippen LogP contribution is -2.11. The van der Waals surface area contributed by atoms with E-state index >= 15 is 0 Å². The van der Waals surface area contributed by atoms with Gasteiger partial charge in [0.05, 0.1) is 11.6 Å². The average Bonchev–Trinajstić information content (AvgIpc) is 2.37. The minimum atomic E-state index is -0.383. The summed E-state index contributed by atoms with van der Waals surface area (Å²) in [5, 5.41) is 8.87. The van der Waals surface area contributed by atoms with Gasteiger partial charge in [0, 0.05) is 18.3 Å². The molecule has 3 heteroatoms. The van der Waals surface area contributed by atoms with Gasteiger partial charge in [-0.1, -0.05) is 20.8 Å². The fraction of sp³-hybridized carbons (Fsp3) is 0.294. The van der Waals surface area contributed by atoms with E-state index in [4.69, 9.17) is 5.26 Å². The molecule has 0 amide bonds. The first-order valence-corrected chi connectivity index (χ1v) is 6.53. The smallest absolute Gasteiger partial charge is 0.124 e. The number of nitrogens with zero attached hydrogens (tertiary/aromatic N) is 2. The van der Waals surface area contributed by atoms with Gasteiger partial charge in [-0.05, 0) is 46.9 Å². The maximum atomic E-state index is 13.4. The Morgan fingerprint density at radius 3 is 2.60 bits per heavy atom. The molecule has 0 aliphatic rings. The van der Waals surface area contributed by atoms with Gasteiger partial charge in [0.25, 0.3) is 0 Å². The van der Waals surface area contributed by atoms with E-state index in [1.54, 1.807) is 12.3 Å². The van der Waals surface area contributed by atoms with Crippen LogP contribution in [0.1, 0.15) is 43.2 Å². The lowest BCUT2D eigenvalue weighted by Gasteiger charge is -2.19. The van der Waals surface area contributed by atoms with Gasteiger partial charge in [-0.3, -0.25) is 4.98 Å². The molecule has 2 aromatic rings. The Labute approximate surface area is 118 Å². The topological polar surface area (TPSA) is 36.7 Å². The van der Waals surface area contributed by atoms with Crippen LogP contribution in [0.25, 0.3) is 0 Å². The van der Waals surface area contributed by atoms with Crippen LogP contribution in [-0.2, 0) is 11.8 Å². The number of rotatable bonds is 2. The van der Waals surface area contributed by atoms with Crippen molar-refractivity contribution in [2.24, 2.45) is 0 Å².